The van der Waals surface area contributed by atoms with Crippen LogP contribution in [0.25, 0.3) is 0 Å². The van der Waals surface area contributed by atoms with Crippen LogP contribution in [-0.2, 0) is 14.3 Å². The molecule has 2 amide bonds. The van der Waals surface area contributed by atoms with Crippen molar-refractivity contribution in [3.8, 4) is 0 Å². The molecule has 0 aromatic carbocycles. The summed E-state index contributed by atoms with van der Waals surface area (Å²) in [4.78, 5) is 21.8. The molecule has 0 aliphatic rings. The molecule has 0 aliphatic heterocycles. The van der Waals surface area contributed by atoms with Crippen LogP contribution in [0.1, 0.15) is 27.2 Å². The van der Waals surface area contributed by atoms with E-state index in [-0.39, 0.29) is 24.6 Å². The second-order valence-corrected chi connectivity index (χ2v) is 4.48. The van der Waals surface area contributed by atoms with Gasteiger partial charge >= 0.3 is 0 Å². The van der Waals surface area contributed by atoms with E-state index in [0.717, 1.165) is 6.42 Å². The van der Waals surface area contributed by atoms with Crippen molar-refractivity contribution < 1.29 is 14.3 Å². The van der Waals surface area contributed by atoms with Gasteiger partial charge in [0, 0.05) is 12.1 Å². The minimum atomic E-state index is -0.493. The van der Waals surface area contributed by atoms with E-state index in [2.05, 4.69) is 10.6 Å². The van der Waals surface area contributed by atoms with Gasteiger partial charge in [0.05, 0.1) is 13.2 Å². The number of hydrogen-bond donors (Lipinski definition) is 3. The predicted octanol–water partition coefficient (Wildman–Crippen LogP) is -0.617. The summed E-state index contributed by atoms with van der Waals surface area (Å²) in [5, 5.41) is 5.82. The van der Waals surface area contributed by atoms with Crippen LogP contribution in [0.4, 0.5) is 0 Å². The second kappa shape index (κ2) is 8.03. The Morgan fingerprint density at radius 1 is 1.35 bits per heavy atom. The third-order valence-corrected chi connectivity index (χ3v) is 2.31. The Morgan fingerprint density at radius 2 is 2.00 bits per heavy atom. The molecule has 0 atom stereocenters. The van der Waals surface area contributed by atoms with E-state index in [9.17, 15) is 9.59 Å². The van der Waals surface area contributed by atoms with Gasteiger partial charge in [-0.3, -0.25) is 9.59 Å². The monoisotopic (exact) mass is 245 g/mol. The minimum Gasteiger partial charge on any atom is -0.370 e. The van der Waals surface area contributed by atoms with Gasteiger partial charge in [0.2, 0.25) is 11.8 Å². The van der Waals surface area contributed by atoms with E-state index in [4.69, 9.17) is 10.5 Å². The highest BCUT2D eigenvalue weighted by Gasteiger charge is 2.16. The first-order chi connectivity index (χ1) is 7.87. The van der Waals surface area contributed by atoms with Crippen molar-refractivity contribution in [1.82, 2.24) is 10.6 Å². The van der Waals surface area contributed by atoms with Gasteiger partial charge in [0.15, 0.2) is 0 Å². The molecule has 100 valence electrons. The van der Waals surface area contributed by atoms with E-state index in [1.54, 1.807) is 0 Å². The number of primary amides is 1. The fourth-order valence-corrected chi connectivity index (χ4v) is 1.03. The first-order valence-electron chi connectivity index (χ1n) is 5.75. The fraction of sp³-hybridized carbons (Fsp3) is 0.818. The largest absolute Gasteiger partial charge is 0.370 e. The number of hydrogen-bond acceptors (Lipinski definition) is 4. The molecule has 0 fully saturated rings. The number of nitrogens with two attached hydrogens (primary N) is 1. The van der Waals surface area contributed by atoms with Crippen LogP contribution in [0.3, 0.4) is 0 Å². The first-order valence-corrected chi connectivity index (χ1v) is 5.75. The number of amides is 2. The molecule has 0 radical (unpaired) electrons. The number of nitrogens with one attached hydrogen (secondary N) is 2. The lowest BCUT2D eigenvalue weighted by Crippen LogP contribution is -2.46. The van der Waals surface area contributed by atoms with Crippen LogP contribution in [0.2, 0.25) is 0 Å². The van der Waals surface area contributed by atoms with Gasteiger partial charge in [-0.25, -0.2) is 0 Å². The lowest BCUT2D eigenvalue weighted by molar-refractivity contribution is -0.123. The van der Waals surface area contributed by atoms with E-state index in [1.165, 1.54) is 0 Å². The number of ether oxygens (including phenoxy) is 1. The third-order valence-electron chi connectivity index (χ3n) is 2.31. The summed E-state index contributed by atoms with van der Waals surface area (Å²) < 4.78 is 4.93. The summed E-state index contributed by atoms with van der Waals surface area (Å²) in [6, 6.07) is 0. The van der Waals surface area contributed by atoms with Crippen molar-refractivity contribution in [2.45, 2.75) is 32.7 Å². The molecule has 0 aliphatic carbocycles. The second-order valence-electron chi connectivity index (χ2n) is 4.48. The van der Waals surface area contributed by atoms with Crippen LogP contribution in [-0.4, -0.2) is 43.7 Å². The summed E-state index contributed by atoms with van der Waals surface area (Å²) in [5.74, 6) is -0.542. The Hall–Kier alpha value is -1.14. The third kappa shape index (κ3) is 9.77. The summed E-state index contributed by atoms with van der Waals surface area (Å²) in [6.07, 6.45) is 0.875. The van der Waals surface area contributed by atoms with Gasteiger partial charge in [-0.15, -0.1) is 0 Å². The van der Waals surface area contributed by atoms with Crippen molar-refractivity contribution in [2.75, 3.05) is 26.3 Å². The maximum absolute atomic E-state index is 11.5. The van der Waals surface area contributed by atoms with Crippen LogP contribution < -0.4 is 16.4 Å². The SMILES string of the molecule is CCC(C)(C)NC(=O)CNCCOCC(N)=O. The Kier molecular flexibility index (Phi) is 7.49. The molecule has 4 N–H and O–H groups in total. The Morgan fingerprint density at radius 3 is 2.53 bits per heavy atom. The molecule has 0 aromatic heterocycles. The fourth-order valence-electron chi connectivity index (χ4n) is 1.03. The molecule has 0 rings (SSSR count). The Labute approximate surface area is 102 Å². The Bertz CT molecular complexity index is 254. The quantitative estimate of drug-likeness (QED) is 0.472. The molecule has 6 nitrogen and oxygen atoms in total. The average Bonchev–Trinajstić information content (AvgIpc) is 2.22. The molecule has 0 spiro atoms. The predicted molar refractivity (Wildman–Crippen MR) is 65.4 cm³/mol. The summed E-state index contributed by atoms with van der Waals surface area (Å²) >= 11 is 0. The summed E-state index contributed by atoms with van der Waals surface area (Å²) in [7, 11) is 0. The van der Waals surface area contributed by atoms with Crippen LogP contribution in [0.15, 0.2) is 0 Å². The molecule has 0 unspecified atom stereocenters. The van der Waals surface area contributed by atoms with Crippen molar-refractivity contribution in [3.05, 3.63) is 0 Å². The van der Waals surface area contributed by atoms with Gasteiger partial charge < -0.3 is 21.1 Å². The van der Waals surface area contributed by atoms with Crippen LogP contribution in [0, 0.1) is 0 Å². The highest BCUT2D eigenvalue weighted by atomic mass is 16.5. The standard InChI is InChI=1S/C11H23N3O3/c1-4-11(2,3)14-10(16)7-13-5-6-17-8-9(12)15/h13H,4-8H2,1-3H3,(H2,12,15)(H,14,16). The van der Waals surface area contributed by atoms with Gasteiger partial charge in [0.1, 0.15) is 6.61 Å². The summed E-state index contributed by atoms with van der Waals surface area (Å²) in [6.45, 7) is 6.98. The minimum absolute atomic E-state index is 0.0493. The highest BCUT2D eigenvalue weighted by molar-refractivity contribution is 5.78. The van der Waals surface area contributed by atoms with Crippen molar-refractivity contribution >= 4 is 11.8 Å². The van der Waals surface area contributed by atoms with Crippen molar-refractivity contribution in [1.29, 1.82) is 0 Å². The lowest BCUT2D eigenvalue weighted by atomic mass is 10.0. The highest BCUT2D eigenvalue weighted by Crippen LogP contribution is 2.05. The molecule has 0 aromatic rings. The molecular formula is C11H23N3O3. The van der Waals surface area contributed by atoms with Crippen LogP contribution >= 0.6 is 0 Å². The zero-order valence-corrected chi connectivity index (χ0v) is 10.8. The number of carbonyl (C=O) groups excluding carboxylic acids is 2. The molecule has 0 bridgehead atoms. The van der Waals surface area contributed by atoms with Crippen molar-refractivity contribution in [2.24, 2.45) is 5.73 Å². The Balaban J connectivity index is 3.49. The van der Waals surface area contributed by atoms with Gasteiger partial charge in [-0.2, -0.15) is 0 Å². The number of rotatable bonds is 9. The molecule has 17 heavy (non-hydrogen) atoms. The van der Waals surface area contributed by atoms with E-state index in [0.29, 0.717) is 13.2 Å². The normalized spacial score (nSPS) is 11.2. The maximum atomic E-state index is 11.5. The molecular weight excluding hydrogens is 222 g/mol. The smallest absolute Gasteiger partial charge is 0.243 e. The van der Waals surface area contributed by atoms with Crippen molar-refractivity contribution in [3.63, 3.8) is 0 Å². The van der Waals surface area contributed by atoms with Gasteiger partial charge in [-0.05, 0) is 20.3 Å². The van der Waals surface area contributed by atoms with Gasteiger partial charge in [-0.1, -0.05) is 6.92 Å². The summed E-state index contributed by atoms with van der Waals surface area (Å²) in [5.41, 5.74) is 4.71. The van der Waals surface area contributed by atoms with E-state index >= 15 is 0 Å². The zero-order valence-electron chi connectivity index (χ0n) is 10.8. The zero-order chi connectivity index (χ0) is 13.3. The molecule has 6 heteroatoms. The average molecular weight is 245 g/mol. The molecule has 0 heterocycles. The van der Waals surface area contributed by atoms with E-state index < -0.39 is 5.91 Å². The lowest BCUT2D eigenvalue weighted by Gasteiger charge is -2.24. The molecule has 0 saturated carbocycles. The topological polar surface area (TPSA) is 93.4 Å². The number of carbonyl (C=O) groups is 2. The maximum Gasteiger partial charge on any atom is 0.243 e. The van der Waals surface area contributed by atoms with Crippen LogP contribution in [0.5, 0.6) is 0 Å². The van der Waals surface area contributed by atoms with E-state index in [1.807, 2.05) is 20.8 Å². The van der Waals surface area contributed by atoms with Gasteiger partial charge in [0.25, 0.3) is 0 Å². The molecule has 0 saturated heterocycles. The first kappa shape index (κ1) is 15.9.